The number of para-hydroxylation sites is 3. The molecule has 0 radical (unpaired) electrons. The lowest BCUT2D eigenvalue weighted by Gasteiger charge is -2.32. The van der Waals surface area contributed by atoms with Crippen LogP contribution < -0.4 is 5.46 Å². The number of rotatable bonds is 1. The van der Waals surface area contributed by atoms with Gasteiger partial charge in [0, 0.05) is 38.4 Å². The maximum atomic E-state index is 6.57. The van der Waals surface area contributed by atoms with Crippen molar-refractivity contribution < 1.29 is 13.7 Å². The van der Waals surface area contributed by atoms with Gasteiger partial charge in [-0.15, -0.1) is 0 Å². The standard InChI is InChI=1S/C36H27BN2O3/c1-35(2)36(3,4)42-37(41-35)25-13-9-17-30-32(25)24-18-23-22-12-8-15-27-34(22)39(29(23)19-31(24)40-30)28-16-7-11-21-20-10-5-6-14-26(20)38(27)33(21)28/h5-19H,1-4H3. The first-order chi connectivity index (χ1) is 20.3. The molecular formula is C36H27BN2O3. The summed E-state index contributed by atoms with van der Waals surface area (Å²) >= 11 is 0. The van der Waals surface area contributed by atoms with Crippen molar-refractivity contribution in [3.8, 4) is 0 Å². The van der Waals surface area contributed by atoms with Crippen LogP contribution in [0, 0.1) is 0 Å². The summed E-state index contributed by atoms with van der Waals surface area (Å²) < 4.78 is 24.5. The van der Waals surface area contributed by atoms with Crippen LogP contribution >= 0.6 is 0 Å². The smallest absolute Gasteiger partial charge is 0.456 e. The van der Waals surface area contributed by atoms with E-state index in [0.717, 1.165) is 32.9 Å². The molecule has 0 atom stereocenters. The number of hydrogen-bond acceptors (Lipinski definition) is 3. The third-order valence-electron chi connectivity index (χ3n) is 10.1. The molecule has 5 aromatic carbocycles. The highest BCUT2D eigenvalue weighted by Gasteiger charge is 2.52. The molecule has 5 nitrogen and oxygen atoms in total. The fourth-order valence-corrected chi connectivity index (χ4v) is 7.42. The van der Waals surface area contributed by atoms with Crippen LogP contribution in [0.1, 0.15) is 27.7 Å². The van der Waals surface area contributed by atoms with Crippen molar-refractivity contribution in [3.63, 3.8) is 0 Å². The average molecular weight is 546 g/mol. The molecule has 42 heavy (non-hydrogen) atoms. The number of furan rings is 1. The van der Waals surface area contributed by atoms with Gasteiger partial charge in [-0.1, -0.05) is 54.6 Å². The van der Waals surface area contributed by atoms with Crippen molar-refractivity contribution in [2.75, 3.05) is 0 Å². The van der Waals surface area contributed by atoms with E-state index in [4.69, 9.17) is 13.7 Å². The number of nitrogens with zero attached hydrogens (tertiary/aromatic N) is 2. The van der Waals surface area contributed by atoms with Gasteiger partial charge in [-0.25, -0.2) is 0 Å². The second-order valence-electron chi connectivity index (χ2n) is 12.8. The Labute approximate surface area is 241 Å². The van der Waals surface area contributed by atoms with Crippen molar-refractivity contribution in [1.82, 2.24) is 8.80 Å². The molecule has 0 saturated carbocycles. The van der Waals surface area contributed by atoms with Crippen LogP contribution in [0.3, 0.4) is 0 Å². The molecule has 6 heteroatoms. The summed E-state index contributed by atoms with van der Waals surface area (Å²) in [5.74, 6) is 0. The van der Waals surface area contributed by atoms with E-state index in [1.54, 1.807) is 0 Å². The lowest BCUT2D eigenvalue weighted by atomic mass is 9.76. The zero-order chi connectivity index (χ0) is 28.1. The van der Waals surface area contributed by atoms with Crippen molar-refractivity contribution in [3.05, 3.63) is 91.0 Å². The van der Waals surface area contributed by atoms with Crippen molar-refractivity contribution in [2.24, 2.45) is 0 Å². The van der Waals surface area contributed by atoms with E-state index in [2.05, 4.69) is 115 Å². The van der Waals surface area contributed by atoms with Gasteiger partial charge in [0.1, 0.15) is 11.2 Å². The summed E-state index contributed by atoms with van der Waals surface area (Å²) in [6.07, 6.45) is 0. The Morgan fingerprint density at radius 2 is 1.12 bits per heavy atom. The Balaban J connectivity index is 1.36. The van der Waals surface area contributed by atoms with E-state index in [9.17, 15) is 0 Å². The first-order valence-electron chi connectivity index (χ1n) is 14.6. The van der Waals surface area contributed by atoms with Gasteiger partial charge in [-0.2, -0.15) is 0 Å². The van der Waals surface area contributed by atoms with E-state index in [1.165, 1.54) is 49.1 Å². The minimum Gasteiger partial charge on any atom is -0.456 e. The van der Waals surface area contributed by atoms with Crippen molar-refractivity contribution in [2.45, 2.75) is 38.9 Å². The van der Waals surface area contributed by atoms with Gasteiger partial charge in [0.15, 0.2) is 0 Å². The lowest BCUT2D eigenvalue weighted by Crippen LogP contribution is -2.41. The first-order valence-corrected chi connectivity index (χ1v) is 14.6. The molecule has 202 valence electrons. The summed E-state index contributed by atoms with van der Waals surface area (Å²) in [7, 11) is -0.470. The Morgan fingerprint density at radius 1 is 0.524 bits per heavy atom. The Morgan fingerprint density at radius 3 is 1.86 bits per heavy atom. The molecule has 0 spiro atoms. The minimum atomic E-state index is -0.470. The van der Waals surface area contributed by atoms with Gasteiger partial charge in [0.05, 0.1) is 44.3 Å². The topological polar surface area (TPSA) is 40.4 Å². The van der Waals surface area contributed by atoms with E-state index in [1.807, 2.05) is 12.1 Å². The third kappa shape index (κ3) is 2.60. The van der Waals surface area contributed by atoms with Crippen molar-refractivity contribution >= 4 is 89.2 Å². The summed E-state index contributed by atoms with van der Waals surface area (Å²) in [4.78, 5) is 0. The quantitative estimate of drug-likeness (QED) is 0.153. The van der Waals surface area contributed by atoms with Crippen LogP contribution in [0.15, 0.2) is 95.4 Å². The van der Waals surface area contributed by atoms with Crippen LogP contribution in [-0.4, -0.2) is 27.1 Å². The summed E-state index contributed by atoms with van der Waals surface area (Å²) in [6.45, 7) is 8.38. The van der Waals surface area contributed by atoms with Gasteiger partial charge in [0.25, 0.3) is 0 Å². The molecule has 0 unspecified atom stereocenters. The molecular weight excluding hydrogens is 519 g/mol. The molecule has 5 heterocycles. The fourth-order valence-electron chi connectivity index (χ4n) is 7.42. The largest absolute Gasteiger partial charge is 0.495 e. The Kier molecular flexibility index (Phi) is 4.00. The first kappa shape index (κ1) is 23.1. The molecule has 0 N–H and O–H groups in total. The average Bonchev–Trinajstić information content (AvgIpc) is 3.68. The number of hydrogen-bond donors (Lipinski definition) is 0. The molecule has 0 amide bonds. The van der Waals surface area contributed by atoms with Crippen LogP contribution in [-0.2, 0) is 9.31 Å². The van der Waals surface area contributed by atoms with Gasteiger partial charge >= 0.3 is 7.12 Å². The monoisotopic (exact) mass is 546 g/mol. The summed E-state index contributed by atoms with van der Waals surface area (Å²) in [6, 6.07) is 32.8. The highest BCUT2D eigenvalue weighted by molar-refractivity contribution is 6.66. The van der Waals surface area contributed by atoms with E-state index < -0.39 is 18.3 Å². The SMILES string of the molecule is CC1(C)OB(c2cccc3oc4cc5c(cc4c23)c2cccc3c2n5c2cccc4c5ccccc5n3c42)OC1(C)C. The highest BCUT2D eigenvalue weighted by atomic mass is 16.7. The molecule has 1 fully saturated rings. The van der Waals surface area contributed by atoms with Gasteiger partial charge in [-0.05, 0) is 63.5 Å². The molecule has 10 rings (SSSR count). The van der Waals surface area contributed by atoms with Crippen LogP contribution in [0.2, 0.25) is 0 Å². The maximum Gasteiger partial charge on any atom is 0.495 e. The molecule has 4 aromatic heterocycles. The van der Waals surface area contributed by atoms with Gasteiger partial charge in [0.2, 0.25) is 0 Å². The summed E-state index contributed by atoms with van der Waals surface area (Å²) in [5, 5.41) is 7.11. The molecule has 1 aliphatic rings. The summed E-state index contributed by atoms with van der Waals surface area (Å²) in [5.41, 5.74) is 9.09. The Bertz CT molecular complexity index is 2580. The van der Waals surface area contributed by atoms with E-state index in [0.29, 0.717) is 0 Å². The van der Waals surface area contributed by atoms with E-state index in [-0.39, 0.29) is 0 Å². The fraction of sp³-hybridized carbons (Fsp3) is 0.167. The minimum absolute atomic E-state index is 0.423. The van der Waals surface area contributed by atoms with Gasteiger partial charge < -0.3 is 22.5 Å². The number of benzene rings is 5. The predicted octanol–water partition coefficient (Wildman–Crippen LogP) is 8.44. The highest BCUT2D eigenvalue weighted by Crippen LogP contribution is 2.43. The second-order valence-corrected chi connectivity index (χ2v) is 12.8. The second kappa shape index (κ2) is 7.27. The number of fused-ring (bicyclic) bond motifs is 11. The predicted molar refractivity (Wildman–Crippen MR) is 173 cm³/mol. The van der Waals surface area contributed by atoms with Crippen LogP contribution in [0.5, 0.6) is 0 Å². The zero-order valence-electron chi connectivity index (χ0n) is 23.9. The molecule has 0 aliphatic carbocycles. The van der Waals surface area contributed by atoms with Crippen LogP contribution in [0.4, 0.5) is 0 Å². The van der Waals surface area contributed by atoms with Gasteiger partial charge in [-0.3, -0.25) is 0 Å². The van der Waals surface area contributed by atoms with E-state index >= 15 is 0 Å². The molecule has 0 bridgehead atoms. The maximum absolute atomic E-state index is 6.57. The van der Waals surface area contributed by atoms with Crippen LogP contribution in [0.25, 0.3) is 76.6 Å². The molecule has 9 aromatic rings. The molecule has 1 aliphatic heterocycles. The Hall–Kier alpha value is -4.52. The normalized spacial score (nSPS) is 17.2. The molecule has 1 saturated heterocycles. The zero-order valence-corrected chi connectivity index (χ0v) is 23.9. The van der Waals surface area contributed by atoms with Crippen molar-refractivity contribution in [1.29, 1.82) is 0 Å². The third-order valence-corrected chi connectivity index (χ3v) is 10.1. The number of aromatic nitrogens is 2. The lowest BCUT2D eigenvalue weighted by molar-refractivity contribution is 0.00578.